The molecule has 0 aliphatic heterocycles. The minimum Gasteiger partial charge on any atom is -0.496 e. The van der Waals surface area contributed by atoms with Crippen molar-refractivity contribution in [2.24, 2.45) is 0 Å². The van der Waals surface area contributed by atoms with Gasteiger partial charge in [0.15, 0.2) is 0 Å². The molecule has 0 N–H and O–H groups in total. The maximum atomic E-state index is 10.6. The van der Waals surface area contributed by atoms with Gasteiger partial charge in [-0.1, -0.05) is 0 Å². The molecule has 0 amide bonds. The average Bonchev–Trinajstić information content (AvgIpc) is 2.27. The maximum absolute atomic E-state index is 10.6. The first-order chi connectivity index (χ1) is 7.10. The number of ether oxygens (including phenoxy) is 1. The molecule has 0 bridgehead atoms. The van der Waals surface area contributed by atoms with Gasteiger partial charge in [-0.2, -0.15) is 0 Å². The summed E-state index contributed by atoms with van der Waals surface area (Å²) < 4.78 is 5.04. The van der Waals surface area contributed by atoms with Gasteiger partial charge in [-0.05, 0) is 6.07 Å². The van der Waals surface area contributed by atoms with E-state index in [0.29, 0.717) is 11.3 Å². The molecular formula is C10H10N2O3. The van der Waals surface area contributed by atoms with Gasteiger partial charge in [0, 0.05) is 19.1 Å². The van der Waals surface area contributed by atoms with E-state index in [9.17, 15) is 10.1 Å². The third kappa shape index (κ3) is 2.23. The lowest BCUT2D eigenvalue weighted by Gasteiger charge is -2.06. The fourth-order valence-corrected chi connectivity index (χ4v) is 1.23. The molecule has 0 aliphatic carbocycles. The molecule has 0 aliphatic rings. The van der Waals surface area contributed by atoms with Crippen LogP contribution in [0, 0.1) is 16.7 Å². The van der Waals surface area contributed by atoms with Crippen LogP contribution in [0.3, 0.4) is 0 Å². The molecule has 0 spiro atoms. The van der Waals surface area contributed by atoms with Gasteiger partial charge < -0.3 is 9.58 Å². The van der Waals surface area contributed by atoms with Crippen molar-refractivity contribution in [3.05, 3.63) is 45.3 Å². The van der Waals surface area contributed by atoms with E-state index in [4.69, 9.17) is 11.3 Å². The van der Waals surface area contributed by atoms with Crippen molar-refractivity contribution >= 4 is 5.69 Å². The lowest BCUT2D eigenvalue weighted by Crippen LogP contribution is -1.96. The largest absolute Gasteiger partial charge is 0.496 e. The molecule has 1 aromatic carbocycles. The number of nitro benzene ring substituents is 1. The number of benzene rings is 1. The van der Waals surface area contributed by atoms with Gasteiger partial charge in [0.1, 0.15) is 5.75 Å². The predicted octanol–water partition coefficient (Wildman–Crippen LogP) is 2.58. The van der Waals surface area contributed by atoms with Crippen LogP contribution in [0.5, 0.6) is 5.75 Å². The first-order valence-corrected chi connectivity index (χ1v) is 4.29. The lowest BCUT2D eigenvalue weighted by atomic mass is 10.1. The molecule has 0 heterocycles. The van der Waals surface area contributed by atoms with Crippen LogP contribution >= 0.6 is 0 Å². The first-order valence-electron chi connectivity index (χ1n) is 4.29. The summed E-state index contributed by atoms with van der Waals surface area (Å²) in [6, 6.07) is 3.80. The molecule has 0 aromatic heterocycles. The Labute approximate surface area is 87.3 Å². The highest BCUT2D eigenvalue weighted by Crippen LogP contribution is 2.30. The Balaban J connectivity index is 3.26. The van der Waals surface area contributed by atoms with Crippen LogP contribution < -0.4 is 4.74 Å². The number of non-ortho nitro benzene ring substituents is 1. The maximum Gasteiger partial charge on any atom is 0.270 e. The van der Waals surface area contributed by atoms with Crippen LogP contribution in [-0.2, 0) is 0 Å². The molecule has 0 radical (unpaired) electrons. The minimum atomic E-state index is -0.487. The smallest absolute Gasteiger partial charge is 0.270 e. The second-order valence-electron chi connectivity index (χ2n) is 2.99. The van der Waals surface area contributed by atoms with Crippen molar-refractivity contribution in [3.8, 4) is 5.75 Å². The van der Waals surface area contributed by atoms with E-state index in [-0.39, 0.29) is 5.69 Å². The van der Waals surface area contributed by atoms with Crippen LogP contribution in [0.2, 0.25) is 0 Å². The van der Waals surface area contributed by atoms with Crippen LogP contribution in [0.15, 0.2) is 18.2 Å². The number of methoxy groups -OCH3 is 1. The molecule has 5 nitrogen and oxygen atoms in total. The third-order valence-corrected chi connectivity index (χ3v) is 2.07. The summed E-state index contributed by atoms with van der Waals surface area (Å²) in [6.45, 7) is 8.57. The molecule has 5 heteroatoms. The van der Waals surface area contributed by atoms with Gasteiger partial charge in [-0.3, -0.25) is 10.1 Å². The highest BCUT2D eigenvalue weighted by atomic mass is 16.6. The van der Waals surface area contributed by atoms with E-state index in [1.54, 1.807) is 6.92 Å². The number of hydrogen-bond donors (Lipinski definition) is 0. The van der Waals surface area contributed by atoms with Crippen molar-refractivity contribution in [1.82, 2.24) is 0 Å². The Hall–Kier alpha value is -2.09. The Morgan fingerprint density at radius 1 is 1.60 bits per heavy atom. The van der Waals surface area contributed by atoms with Crippen LogP contribution in [0.1, 0.15) is 18.5 Å². The molecule has 15 heavy (non-hydrogen) atoms. The molecule has 1 rings (SSSR count). The molecule has 1 unspecified atom stereocenters. The Morgan fingerprint density at radius 3 is 2.73 bits per heavy atom. The zero-order valence-corrected chi connectivity index (χ0v) is 8.43. The standard InChI is InChI=1S/C10H10N2O3/c1-7(11-2)9-6-8(12(13)14)4-5-10(9)15-3/h4-7H,1,3H3. The van der Waals surface area contributed by atoms with Gasteiger partial charge in [-0.25, -0.2) is 6.57 Å². The molecule has 0 fully saturated rings. The van der Waals surface area contributed by atoms with Gasteiger partial charge in [0.2, 0.25) is 6.04 Å². The van der Waals surface area contributed by atoms with Crippen LogP contribution in [0.4, 0.5) is 5.69 Å². The number of nitrogens with zero attached hydrogens (tertiary/aromatic N) is 2. The third-order valence-electron chi connectivity index (χ3n) is 2.07. The second-order valence-corrected chi connectivity index (χ2v) is 2.99. The molecular weight excluding hydrogens is 196 g/mol. The van der Waals surface area contributed by atoms with Crippen molar-refractivity contribution < 1.29 is 9.66 Å². The molecule has 78 valence electrons. The first kappa shape index (κ1) is 11.0. The molecule has 0 saturated heterocycles. The Morgan fingerprint density at radius 2 is 2.27 bits per heavy atom. The van der Waals surface area contributed by atoms with Crippen LogP contribution in [0.25, 0.3) is 4.85 Å². The SMILES string of the molecule is [C-]#[N+]C(C)c1cc([N+](=O)[O-])ccc1OC. The summed E-state index contributed by atoms with van der Waals surface area (Å²) in [5, 5.41) is 10.6. The van der Waals surface area contributed by atoms with E-state index in [1.165, 1.54) is 25.3 Å². The van der Waals surface area contributed by atoms with Crippen molar-refractivity contribution in [2.75, 3.05) is 7.11 Å². The van der Waals surface area contributed by atoms with Gasteiger partial charge >= 0.3 is 0 Å². The van der Waals surface area contributed by atoms with Gasteiger partial charge in [-0.15, -0.1) is 0 Å². The van der Waals surface area contributed by atoms with E-state index >= 15 is 0 Å². The van der Waals surface area contributed by atoms with E-state index in [0.717, 1.165) is 0 Å². The number of hydrogen-bond acceptors (Lipinski definition) is 3. The number of nitro groups is 1. The topological polar surface area (TPSA) is 56.7 Å². The Bertz CT molecular complexity index is 423. The quantitative estimate of drug-likeness (QED) is 0.434. The normalized spacial score (nSPS) is 11.5. The van der Waals surface area contributed by atoms with E-state index in [2.05, 4.69) is 4.85 Å². The summed E-state index contributed by atoms with van der Waals surface area (Å²) in [7, 11) is 1.47. The van der Waals surface area contributed by atoms with Crippen molar-refractivity contribution in [1.29, 1.82) is 0 Å². The van der Waals surface area contributed by atoms with E-state index in [1.807, 2.05) is 0 Å². The fraction of sp³-hybridized carbons (Fsp3) is 0.300. The summed E-state index contributed by atoms with van der Waals surface area (Å²) in [4.78, 5) is 13.4. The molecule has 1 atom stereocenters. The van der Waals surface area contributed by atoms with Crippen LogP contribution in [-0.4, -0.2) is 12.0 Å². The Kier molecular flexibility index (Phi) is 3.24. The summed E-state index contributed by atoms with van der Waals surface area (Å²) >= 11 is 0. The highest BCUT2D eigenvalue weighted by molar-refractivity contribution is 5.46. The summed E-state index contributed by atoms with van der Waals surface area (Å²) in [6.07, 6.45) is 0. The minimum absolute atomic E-state index is 0.0266. The van der Waals surface area contributed by atoms with Gasteiger partial charge in [0.25, 0.3) is 5.69 Å². The zero-order chi connectivity index (χ0) is 11.4. The van der Waals surface area contributed by atoms with Gasteiger partial charge in [0.05, 0.1) is 17.6 Å². The lowest BCUT2D eigenvalue weighted by molar-refractivity contribution is -0.384. The predicted molar refractivity (Wildman–Crippen MR) is 54.7 cm³/mol. The zero-order valence-electron chi connectivity index (χ0n) is 8.43. The molecule has 1 aromatic rings. The van der Waals surface area contributed by atoms with Crippen molar-refractivity contribution in [2.45, 2.75) is 13.0 Å². The summed E-state index contributed by atoms with van der Waals surface area (Å²) in [5.41, 5.74) is 0.517. The molecule has 0 saturated carbocycles. The second kappa shape index (κ2) is 4.42. The fourth-order valence-electron chi connectivity index (χ4n) is 1.23. The van der Waals surface area contributed by atoms with Crippen molar-refractivity contribution in [3.63, 3.8) is 0 Å². The monoisotopic (exact) mass is 206 g/mol. The number of rotatable bonds is 3. The summed E-state index contributed by atoms with van der Waals surface area (Å²) in [5.74, 6) is 0.504. The highest BCUT2D eigenvalue weighted by Gasteiger charge is 2.19. The average molecular weight is 206 g/mol. The van der Waals surface area contributed by atoms with E-state index < -0.39 is 11.0 Å².